The first kappa shape index (κ1) is 17.1. The number of nitrogens with zero attached hydrogens (tertiary/aromatic N) is 3. The summed E-state index contributed by atoms with van der Waals surface area (Å²) in [6.07, 6.45) is 5.61. The third-order valence-corrected chi connectivity index (χ3v) is 5.44. The minimum absolute atomic E-state index is 0.210. The van der Waals surface area contributed by atoms with E-state index in [1.54, 1.807) is 16.8 Å². The molecule has 5 rings (SSSR count). The van der Waals surface area contributed by atoms with Gasteiger partial charge in [0.2, 0.25) is 0 Å². The Balaban J connectivity index is 1.60. The number of hydrogen-bond donors (Lipinski definition) is 2. The molecule has 7 heteroatoms. The normalized spacial score (nSPS) is 15.5. The molecular formula is C21H20FN5O. The molecule has 3 aromatic heterocycles. The van der Waals surface area contributed by atoms with E-state index in [2.05, 4.69) is 26.3 Å². The second-order valence-electron chi connectivity index (χ2n) is 7.41. The minimum atomic E-state index is -0.449. The van der Waals surface area contributed by atoms with Gasteiger partial charge in [-0.15, -0.1) is 0 Å². The number of piperidine rings is 1. The van der Waals surface area contributed by atoms with Gasteiger partial charge in [0, 0.05) is 18.0 Å². The van der Waals surface area contributed by atoms with Crippen molar-refractivity contribution in [3.63, 3.8) is 0 Å². The molecule has 28 heavy (non-hydrogen) atoms. The van der Waals surface area contributed by atoms with Crippen molar-refractivity contribution in [1.82, 2.24) is 24.7 Å². The number of imidazole rings is 1. The molecule has 0 spiro atoms. The van der Waals surface area contributed by atoms with Crippen LogP contribution in [0.15, 0.2) is 41.5 Å². The molecule has 0 amide bonds. The molecule has 1 aliphatic rings. The fraction of sp³-hybridized carbons (Fsp3) is 0.286. The Morgan fingerprint density at radius 1 is 1.14 bits per heavy atom. The molecule has 6 nitrogen and oxygen atoms in total. The first-order valence-electron chi connectivity index (χ1n) is 9.48. The number of fused-ring (bicyclic) bond motifs is 2. The highest BCUT2D eigenvalue weighted by atomic mass is 19.1. The predicted molar refractivity (Wildman–Crippen MR) is 106 cm³/mol. The summed E-state index contributed by atoms with van der Waals surface area (Å²) in [7, 11) is 0. The number of aryl methyl sites for hydroxylation is 1. The van der Waals surface area contributed by atoms with Crippen molar-refractivity contribution in [1.29, 1.82) is 0 Å². The van der Waals surface area contributed by atoms with Gasteiger partial charge in [-0.2, -0.15) is 0 Å². The van der Waals surface area contributed by atoms with E-state index in [0.717, 1.165) is 31.6 Å². The molecule has 0 aliphatic carbocycles. The maximum Gasteiger partial charge on any atom is 0.259 e. The van der Waals surface area contributed by atoms with Crippen molar-refractivity contribution in [3.05, 3.63) is 64.1 Å². The summed E-state index contributed by atoms with van der Waals surface area (Å²) in [5, 5.41) is 3.93. The van der Waals surface area contributed by atoms with Crippen molar-refractivity contribution in [3.8, 4) is 11.4 Å². The zero-order valence-corrected chi connectivity index (χ0v) is 15.5. The summed E-state index contributed by atoms with van der Waals surface area (Å²) in [4.78, 5) is 24.3. The highest BCUT2D eigenvalue weighted by molar-refractivity contribution is 5.80. The molecule has 1 aliphatic heterocycles. The van der Waals surface area contributed by atoms with Gasteiger partial charge in [-0.05, 0) is 62.5 Å². The number of hydrogen-bond acceptors (Lipinski definition) is 4. The number of rotatable bonds is 2. The Morgan fingerprint density at radius 3 is 2.79 bits per heavy atom. The van der Waals surface area contributed by atoms with E-state index in [1.165, 1.54) is 11.6 Å². The Bertz CT molecular complexity index is 1250. The van der Waals surface area contributed by atoms with Gasteiger partial charge in [-0.3, -0.25) is 4.79 Å². The van der Waals surface area contributed by atoms with Crippen LogP contribution in [0, 0.1) is 12.7 Å². The van der Waals surface area contributed by atoms with Gasteiger partial charge in [0.1, 0.15) is 5.82 Å². The van der Waals surface area contributed by atoms with Crippen LogP contribution in [0.3, 0.4) is 0 Å². The lowest BCUT2D eigenvalue weighted by Crippen LogP contribution is -2.26. The molecule has 1 aromatic carbocycles. The van der Waals surface area contributed by atoms with Gasteiger partial charge < -0.3 is 14.7 Å². The van der Waals surface area contributed by atoms with E-state index < -0.39 is 5.82 Å². The van der Waals surface area contributed by atoms with E-state index in [4.69, 9.17) is 0 Å². The molecule has 1 saturated heterocycles. The van der Waals surface area contributed by atoms with E-state index >= 15 is 0 Å². The van der Waals surface area contributed by atoms with Gasteiger partial charge in [0.05, 0.1) is 16.6 Å². The zero-order chi connectivity index (χ0) is 19.3. The maximum atomic E-state index is 14.4. The largest absolute Gasteiger partial charge is 0.317 e. The van der Waals surface area contributed by atoms with Crippen LogP contribution in [0.5, 0.6) is 0 Å². The molecule has 0 atom stereocenters. The fourth-order valence-electron chi connectivity index (χ4n) is 4.01. The number of benzene rings is 1. The van der Waals surface area contributed by atoms with Crippen molar-refractivity contribution < 1.29 is 4.39 Å². The average molecular weight is 377 g/mol. The first-order chi connectivity index (χ1) is 13.6. The van der Waals surface area contributed by atoms with E-state index in [0.29, 0.717) is 28.2 Å². The van der Waals surface area contributed by atoms with Crippen molar-refractivity contribution >= 4 is 16.6 Å². The van der Waals surface area contributed by atoms with Crippen LogP contribution in [0.4, 0.5) is 4.39 Å². The number of aromatic nitrogens is 4. The molecule has 4 aromatic rings. The van der Waals surface area contributed by atoms with Gasteiger partial charge in [0.25, 0.3) is 5.56 Å². The van der Waals surface area contributed by atoms with Crippen LogP contribution in [-0.2, 0) is 0 Å². The molecule has 0 saturated carbocycles. The van der Waals surface area contributed by atoms with E-state index in [9.17, 15) is 9.18 Å². The third kappa shape index (κ3) is 2.88. The van der Waals surface area contributed by atoms with E-state index in [1.807, 2.05) is 19.1 Å². The topological polar surface area (TPSA) is 75.1 Å². The number of nitrogens with one attached hydrogen (secondary N) is 2. The first-order valence-corrected chi connectivity index (χ1v) is 9.48. The molecule has 2 N–H and O–H groups in total. The summed E-state index contributed by atoms with van der Waals surface area (Å²) in [5.74, 6) is 0.361. The summed E-state index contributed by atoms with van der Waals surface area (Å²) in [6, 6.07) is 7.25. The highest BCUT2D eigenvalue weighted by Crippen LogP contribution is 2.27. The van der Waals surface area contributed by atoms with Gasteiger partial charge in [-0.25, -0.2) is 14.4 Å². The molecule has 4 heterocycles. The van der Waals surface area contributed by atoms with Crippen molar-refractivity contribution in [2.24, 2.45) is 0 Å². The zero-order valence-electron chi connectivity index (χ0n) is 15.5. The summed E-state index contributed by atoms with van der Waals surface area (Å²) >= 11 is 0. The Hall–Kier alpha value is -3.06. The number of pyridine rings is 1. The van der Waals surface area contributed by atoms with Gasteiger partial charge in [-0.1, -0.05) is 6.07 Å². The lowest BCUT2D eigenvalue weighted by Gasteiger charge is -2.23. The maximum absolute atomic E-state index is 14.4. The average Bonchev–Trinajstić information content (AvgIpc) is 3.09. The predicted octanol–water partition coefficient (Wildman–Crippen LogP) is 3.15. The molecule has 0 radical (unpaired) electrons. The Morgan fingerprint density at radius 2 is 1.96 bits per heavy atom. The number of H-pyrrole nitrogens is 1. The fourth-order valence-corrected chi connectivity index (χ4v) is 4.01. The molecule has 0 bridgehead atoms. The quantitative estimate of drug-likeness (QED) is 0.563. The lowest BCUT2D eigenvalue weighted by atomic mass is 9.89. The van der Waals surface area contributed by atoms with Crippen LogP contribution in [0.2, 0.25) is 0 Å². The van der Waals surface area contributed by atoms with Gasteiger partial charge >= 0.3 is 0 Å². The van der Waals surface area contributed by atoms with Gasteiger partial charge in [0.15, 0.2) is 11.5 Å². The van der Waals surface area contributed by atoms with Crippen LogP contribution in [-0.4, -0.2) is 32.4 Å². The second kappa shape index (κ2) is 6.53. The molecule has 142 valence electrons. The second-order valence-corrected chi connectivity index (χ2v) is 7.41. The summed E-state index contributed by atoms with van der Waals surface area (Å²) < 4.78 is 16.0. The Labute approximate surface area is 160 Å². The van der Waals surface area contributed by atoms with Crippen molar-refractivity contribution in [2.75, 3.05) is 13.1 Å². The molecular weight excluding hydrogens is 357 g/mol. The van der Waals surface area contributed by atoms with Crippen LogP contribution < -0.4 is 10.9 Å². The summed E-state index contributed by atoms with van der Waals surface area (Å²) in [5.41, 5.74) is 3.06. The Kier molecular flexibility index (Phi) is 3.98. The van der Waals surface area contributed by atoms with Crippen LogP contribution in [0.1, 0.15) is 30.0 Å². The highest BCUT2D eigenvalue weighted by Gasteiger charge is 2.17. The monoisotopic (exact) mass is 377 g/mol. The molecule has 0 unspecified atom stereocenters. The number of aromatic amines is 1. The van der Waals surface area contributed by atoms with Crippen LogP contribution >= 0.6 is 0 Å². The van der Waals surface area contributed by atoms with Crippen molar-refractivity contribution in [2.45, 2.75) is 25.7 Å². The van der Waals surface area contributed by atoms with E-state index in [-0.39, 0.29) is 11.2 Å². The number of halogens is 1. The standard InChI is InChI=1S/C21H20FN5O/c1-12-10-27-11-15(9-17(22)20(27)24-12)19-25-18-3-2-14(8-16(18)21(28)26-19)13-4-6-23-7-5-13/h2-3,8-11,13,23H,4-7H2,1H3,(H,25,26,28). The third-order valence-electron chi connectivity index (χ3n) is 5.44. The molecule has 1 fully saturated rings. The SMILES string of the molecule is Cc1cn2cc(-c3nc4ccc(C5CCNCC5)cc4c(=O)[nH]3)cc(F)c2n1. The smallest absolute Gasteiger partial charge is 0.259 e. The lowest BCUT2D eigenvalue weighted by molar-refractivity contribution is 0.460. The minimum Gasteiger partial charge on any atom is -0.317 e. The van der Waals surface area contributed by atoms with Crippen LogP contribution in [0.25, 0.3) is 27.9 Å². The summed E-state index contributed by atoms with van der Waals surface area (Å²) in [6.45, 7) is 3.80.